The Labute approximate surface area is 99.2 Å². The number of hydrogen-bond acceptors (Lipinski definition) is 2. The van der Waals surface area contributed by atoms with Crippen molar-refractivity contribution in [1.82, 2.24) is 4.90 Å². The summed E-state index contributed by atoms with van der Waals surface area (Å²) in [5.41, 5.74) is 5.91. The summed E-state index contributed by atoms with van der Waals surface area (Å²) in [5.74, 6) is -3.05. The van der Waals surface area contributed by atoms with Gasteiger partial charge in [0.2, 0.25) is 0 Å². The van der Waals surface area contributed by atoms with E-state index in [0.29, 0.717) is 11.1 Å². The van der Waals surface area contributed by atoms with E-state index in [1.807, 2.05) is 0 Å². The van der Waals surface area contributed by atoms with Crippen LogP contribution in [0, 0.1) is 0 Å². The van der Waals surface area contributed by atoms with Gasteiger partial charge < -0.3 is 10.6 Å². The molecule has 2 N–H and O–H groups in total. The molecule has 0 aliphatic rings. The molecule has 0 aliphatic carbocycles. The molecule has 0 bridgehead atoms. The zero-order valence-electron chi connectivity index (χ0n) is 9.91. The number of rotatable bonds is 4. The largest absolute Gasteiger partial charge is 0.345 e. The summed E-state index contributed by atoms with van der Waals surface area (Å²) in [6.07, 6.45) is -0.403. The van der Waals surface area contributed by atoms with Gasteiger partial charge in [-0.3, -0.25) is 4.79 Å². The van der Waals surface area contributed by atoms with Crippen molar-refractivity contribution in [2.24, 2.45) is 5.73 Å². The molecule has 0 unspecified atom stereocenters. The summed E-state index contributed by atoms with van der Waals surface area (Å²) >= 11 is 0. The fourth-order valence-corrected chi connectivity index (χ4v) is 1.39. The third-order valence-corrected chi connectivity index (χ3v) is 2.37. The molecule has 0 heterocycles. The second-order valence-corrected chi connectivity index (χ2v) is 4.13. The van der Waals surface area contributed by atoms with Crippen molar-refractivity contribution in [1.29, 1.82) is 0 Å². The maximum absolute atomic E-state index is 13.0. The van der Waals surface area contributed by atoms with Gasteiger partial charge in [0.1, 0.15) is 0 Å². The Morgan fingerprint density at radius 1 is 1.29 bits per heavy atom. The summed E-state index contributed by atoms with van der Waals surface area (Å²) in [5, 5.41) is 0. The smallest absolute Gasteiger partial charge is 0.264 e. The highest BCUT2D eigenvalue weighted by Gasteiger charge is 2.26. The number of carbonyl (C=O) groups excluding carboxylic acids is 1. The maximum Gasteiger partial charge on any atom is 0.264 e. The molecule has 1 aromatic carbocycles. The average molecular weight is 242 g/mol. The van der Waals surface area contributed by atoms with E-state index in [-0.39, 0.29) is 5.91 Å². The Balaban J connectivity index is 2.78. The monoisotopic (exact) mass is 242 g/mol. The molecular weight excluding hydrogens is 226 g/mol. The lowest BCUT2D eigenvalue weighted by Gasteiger charge is -2.14. The van der Waals surface area contributed by atoms with Crippen LogP contribution in [0.15, 0.2) is 24.3 Å². The van der Waals surface area contributed by atoms with Gasteiger partial charge in [-0.05, 0) is 17.7 Å². The van der Waals surface area contributed by atoms with Gasteiger partial charge in [0.05, 0.1) is 6.54 Å². The van der Waals surface area contributed by atoms with E-state index in [0.717, 1.165) is 0 Å². The molecule has 0 spiro atoms. The van der Waals surface area contributed by atoms with Crippen molar-refractivity contribution < 1.29 is 13.6 Å². The Morgan fingerprint density at radius 2 is 1.82 bits per heavy atom. The summed E-state index contributed by atoms with van der Waals surface area (Å²) in [7, 11) is 3.28. The minimum absolute atomic E-state index is 0.151. The van der Waals surface area contributed by atoms with Crippen LogP contribution in [0.1, 0.15) is 15.9 Å². The van der Waals surface area contributed by atoms with Crippen LogP contribution in [0.25, 0.3) is 0 Å². The standard InChI is InChI=1S/C12H16F2N2O/c1-16(2)11(17)10-5-3-9(4-6-10)7-12(13,14)8-15/h3-6H,7-8,15H2,1-2H3. The van der Waals surface area contributed by atoms with Crippen LogP contribution in [0.3, 0.4) is 0 Å². The fourth-order valence-electron chi connectivity index (χ4n) is 1.39. The number of alkyl halides is 2. The number of nitrogens with zero attached hydrogens (tertiary/aromatic N) is 1. The molecule has 3 nitrogen and oxygen atoms in total. The number of hydrogen-bond donors (Lipinski definition) is 1. The number of carbonyl (C=O) groups is 1. The molecule has 1 aromatic rings. The van der Waals surface area contributed by atoms with Gasteiger partial charge in [0.25, 0.3) is 11.8 Å². The van der Waals surface area contributed by atoms with Crippen LogP contribution in [0.2, 0.25) is 0 Å². The molecule has 0 saturated heterocycles. The van der Waals surface area contributed by atoms with Crippen molar-refractivity contribution in [2.75, 3.05) is 20.6 Å². The molecular formula is C12H16F2N2O. The molecule has 1 amide bonds. The zero-order valence-corrected chi connectivity index (χ0v) is 9.91. The highest BCUT2D eigenvalue weighted by Crippen LogP contribution is 2.19. The average Bonchev–Trinajstić information content (AvgIpc) is 2.28. The minimum atomic E-state index is -2.90. The molecule has 0 aliphatic heterocycles. The third kappa shape index (κ3) is 3.78. The molecule has 0 atom stereocenters. The van der Waals surface area contributed by atoms with Crippen LogP contribution in [-0.4, -0.2) is 37.4 Å². The van der Waals surface area contributed by atoms with Crippen molar-refractivity contribution >= 4 is 5.91 Å². The number of amides is 1. The first-order valence-electron chi connectivity index (χ1n) is 5.24. The van der Waals surface area contributed by atoms with Crippen LogP contribution < -0.4 is 5.73 Å². The zero-order chi connectivity index (χ0) is 13.1. The predicted octanol–water partition coefficient (Wildman–Crippen LogP) is 1.52. The highest BCUT2D eigenvalue weighted by atomic mass is 19.3. The van der Waals surface area contributed by atoms with E-state index in [1.165, 1.54) is 17.0 Å². The van der Waals surface area contributed by atoms with Gasteiger partial charge in [-0.1, -0.05) is 12.1 Å². The molecule has 0 aromatic heterocycles. The summed E-state index contributed by atoms with van der Waals surface area (Å²) in [6, 6.07) is 6.15. The topological polar surface area (TPSA) is 46.3 Å². The van der Waals surface area contributed by atoms with Crippen molar-refractivity contribution in [3.8, 4) is 0 Å². The van der Waals surface area contributed by atoms with Gasteiger partial charge in [0, 0.05) is 26.1 Å². The van der Waals surface area contributed by atoms with Crippen molar-refractivity contribution in [3.05, 3.63) is 35.4 Å². The summed E-state index contributed by atoms with van der Waals surface area (Å²) < 4.78 is 26.1. The number of halogens is 2. The molecule has 94 valence electrons. The molecule has 1 rings (SSSR count). The van der Waals surface area contributed by atoms with Gasteiger partial charge in [0.15, 0.2) is 0 Å². The van der Waals surface area contributed by atoms with Crippen LogP contribution in [-0.2, 0) is 6.42 Å². The number of nitrogens with two attached hydrogens (primary N) is 1. The van der Waals surface area contributed by atoms with Gasteiger partial charge in [-0.25, -0.2) is 8.78 Å². The summed E-state index contributed by atoms with van der Waals surface area (Å²) in [4.78, 5) is 13.0. The molecule has 0 radical (unpaired) electrons. The van der Waals surface area contributed by atoms with Gasteiger partial charge in [-0.2, -0.15) is 0 Å². The van der Waals surface area contributed by atoms with E-state index < -0.39 is 18.9 Å². The molecule has 0 fully saturated rings. The predicted molar refractivity (Wildman–Crippen MR) is 62.2 cm³/mol. The van der Waals surface area contributed by atoms with Crippen molar-refractivity contribution in [2.45, 2.75) is 12.3 Å². The molecule has 0 saturated carbocycles. The minimum Gasteiger partial charge on any atom is -0.345 e. The number of benzene rings is 1. The SMILES string of the molecule is CN(C)C(=O)c1ccc(CC(F)(F)CN)cc1. The van der Waals surface area contributed by atoms with E-state index in [4.69, 9.17) is 5.73 Å². The Bertz CT molecular complexity index is 388. The Kier molecular flexibility index (Phi) is 4.17. The fraction of sp³-hybridized carbons (Fsp3) is 0.417. The Hall–Kier alpha value is -1.49. The lowest BCUT2D eigenvalue weighted by molar-refractivity contribution is 0.0115. The highest BCUT2D eigenvalue weighted by molar-refractivity contribution is 5.93. The molecule has 17 heavy (non-hydrogen) atoms. The van der Waals surface area contributed by atoms with E-state index in [2.05, 4.69) is 0 Å². The first kappa shape index (κ1) is 13.6. The van der Waals surface area contributed by atoms with Crippen LogP contribution >= 0.6 is 0 Å². The first-order valence-corrected chi connectivity index (χ1v) is 5.24. The molecule has 5 heteroatoms. The van der Waals surface area contributed by atoms with E-state index >= 15 is 0 Å². The Morgan fingerprint density at radius 3 is 2.24 bits per heavy atom. The summed E-state index contributed by atoms with van der Waals surface area (Å²) in [6.45, 7) is -0.675. The van der Waals surface area contributed by atoms with Crippen LogP contribution in [0.4, 0.5) is 8.78 Å². The second-order valence-electron chi connectivity index (χ2n) is 4.13. The lowest BCUT2D eigenvalue weighted by Crippen LogP contribution is -2.30. The second kappa shape index (κ2) is 5.23. The van der Waals surface area contributed by atoms with Gasteiger partial charge >= 0.3 is 0 Å². The quantitative estimate of drug-likeness (QED) is 0.870. The normalized spacial score (nSPS) is 11.4. The first-order chi connectivity index (χ1) is 7.85. The third-order valence-electron chi connectivity index (χ3n) is 2.37. The van der Waals surface area contributed by atoms with Gasteiger partial charge in [-0.15, -0.1) is 0 Å². The van der Waals surface area contributed by atoms with E-state index in [9.17, 15) is 13.6 Å². The maximum atomic E-state index is 13.0. The van der Waals surface area contributed by atoms with Crippen molar-refractivity contribution in [3.63, 3.8) is 0 Å². The van der Waals surface area contributed by atoms with E-state index in [1.54, 1.807) is 26.2 Å². The van der Waals surface area contributed by atoms with Crippen LogP contribution in [0.5, 0.6) is 0 Å². The lowest BCUT2D eigenvalue weighted by atomic mass is 10.0.